The molecule has 2 amide bonds. The van der Waals surface area contributed by atoms with E-state index in [9.17, 15) is 9.59 Å². The van der Waals surface area contributed by atoms with Crippen molar-refractivity contribution in [2.75, 3.05) is 10.6 Å². The Morgan fingerprint density at radius 2 is 2.25 bits per heavy atom. The molecule has 1 aliphatic rings. The Morgan fingerprint density at radius 1 is 1.45 bits per heavy atom. The third-order valence-corrected chi connectivity index (χ3v) is 3.20. The minimum Gasteiger partial charge on any atom is -0.360 e. The molecule has 1 aliphatic heterocycles. The van der Waals surface area contributed by atoms with Gasteiger partial charge in [0.15, 0.2) is 5.82 Å². The average molecular weight is 271 g/mol. The van der Waals surface area contributed by atoms with Gasteiger partial charge in [0.2, 0.25) is 11.8 Å². The van der Waals surface area contributed by atoms with Crippen LogP contribution >= 0.6 is 0 Å². The number of nitrogens with zero attached hydrogens (tertiary/aromatic N) is 1. The van der Waals surface area contributed by atoms with Crippen LogP contribution in [0.5, 0.6) is 0 Å². The lowest BCUT2D eigenvalue weighted by molar-refractivity contribution is -0.122. The predicted octanol–water partition coefficient (Wildman–Crippen LogP) is 2.05. The zero-order valence-corrected chi connectivity index (χ0v) is 10.8. The number of fused-ring (bicyclic) bond motifs is 1. The second kappa shape index (κ2) is 4.80. The summed E-state index contributed by atoms with van der Waals surface area (Å²) in [5, 5.41) is 9.07. The molecule has 3 rings (SSSR count). The molecule has 0 spiro atoms. The fourth-order valence-corrected chi connectivity index (χ4v) is 2.28. The zero-order chi connectivity index (χ0) is 14.1. The highest BCUT2D eigenvalue weighted by Crippen LogP contribution is 2.34. The van der Waals surface area contributed by atoms with Crippen LogP contribution in [0.25, 0.3) is 0 Å². The van der Waals surface area contributed by atoms with Crippen LogP contribution in [0.3, 0.4) is 0 Å². The normalized spacial score (nSPS) is 16.6. The van der Waals surface area contributed by atoms with Crippen LogP contribution in [0.2, 0.25) is 0 Å². The van der Waals surface area contributed by atoms with Crippen molar-refractivity contribution in [3.63, 3.8) is 0 Å². The van der Waals surface area contributed by atoms with Crippen molar-refractivity contribution < 1.29 is 14.1 Å². The lowest BCUT2D eigenvalue weighted by Gasteiger charge is -2.07. The number of amides is 2. The van der Waals surface area contributed by atoms with Crippen molar-refractivity contribution in [3.05, 3.63) is 41.7 Å². The van der Waals surface area contributed by atoms with Crippen molar-refractivity contribution in [1.29, 1.82) is 0 Å². The largest absolute Gasteiger partial charge is 0.360 e. The van der Waals surface area contributed by atoms with Gasteiger partial charge < -0.3 is 15.2 Å². The maximum Gasteiger partial charge on any atom is 0.232 e. The summed E-state index contributed by atoms with van der Waals surface area (Å²) >= 11 is 0. The number of rotatable bonds is 3. The molecule has 2 aromatic rings. The third-order valence-electron chi connectivity index (χ3n) is 3.20. The quantitative estimate of drug-likeness (QED) is 0.894. The van der Waals surface area contributed by atoms with Gasteiger partial charge in [-0.3, -0.25) is 9.59 Å². The summed E-state index contributed by atoms with van der Waals surface area (Å²) in [6.45, 7) is 1.74. The molecule has 6 nitrogen and oxygen atoms in total. The molecular formula is C14H13N3O3. The van der Waals surface area contributed by atoms with Gasteiger partial charge in [0.25, 0.3) is 0 Å². The lowest BCUT2D eigenvalue weighted by atomic mass is 9.97. The smallest absolute Gasteiger partial charge is 0.232 e. The van der Waals surface area contributed by atoms with Crippen molar-refractivity contribution in [1.82, 2.24) is 5.16 Å². The predicted molar refractivity (Wildman–Crippen MR) is 72.3 cm³/mol. The number of aromatic nitrogens is 1. The minimum atomic E-state index is -0.459. The van der Waals surface area contributed by atoms with E-state index in [2.05, 4.69) is 15.8 Å². The summed E-state index contributed by atoms with van der Waals surface area (Å²) in [5.41, 5.74) is 1.62. The molecule has 20 heavy (non-hydrogen) atoms. The van der Waals surface area contributed by atoms with E-state index in [-0.39, 0.29) is 18.2 Å². The minimum absolute atomic E-state index is 0.0781. The van der Waals surface area contributed by atoms with Gasteiger partial charge in [-0.25, -0.2) is 0 Å². The van der Waals surface area contributed by atoms with Gasteiger partial charge in [-0.15, -0.1) is 0 Å². The first-order chi connectivity index (χ1) is 9.63. The summed E-state index contributed by atoms with van der Waals surface area (Å²) < 4.78 is 4.87. The second-order valence-electron chi connectivity index (χ2n) is 4.70. The molecule has 2 heterocycles. The average Bonchev–Trinajstić information content (AvgIpc) is 2.94. The summed E-state index contributed by atoms with van der Waals surface area (Å²) in [7, 11) is 0. The highest BCUT2D eigenvalue weighted by molar-refractivity contribution is 6.06. The van der Waals surface area contributed by atoms with Crippen LogP contribution in [0, 0.1) is 6.92 Å². The van der Waals surface area contributed by atoms with Crippen molar-refractivity contribution >= 4 is 23.3 Å². The molecule has 1 unspecified atom stereocenters. The maximum atomic E-state index is 12.0. The van der Waals surface area contributed by atoms with Crippen molar-refractivity contribution in [3.8, 4) is 0 Å². The maximum absolute atomic E-state index is 12.0. The van der Waals surface area contributed by atoms with Crippen LogP contribution in [0.1, 0.15) is 23.7 Å². The molecule has 6 heteroatoms. The van der Waals surface area contributed by atoms with Gasteiger partial charge in [-0.05, 0) is 18.6 Å². The molecule has 1 atom stereocenters. The van der Waals surface area contributed by atoms with Gasteiger partial charge >= 0.3 is 0 Å². The van der Waals surface area contributed by atoms with Gasteiger partial charge in [0, 0.05) is 18.2 Å². The number of carbonyl (C=O) groups excluding carboxylic acids is 2. The van der Waals surface area contributed by atoms with E-state index in [0.29, 0.717) is 11.6 Å². The number of nitrogens with one attached hydrogen (secondary N) is 2. The van der Waals surface area contributed by atoms with Crippen molar-refractivity contribution in [2.45, 2.75) is 19.3 Å². The Bertz CT molecular complexity index is 678. The van der Waals surface area contributed by atoms with Crippen LogP contribution in [0.15, 0.2) is 34.9 Å². The molecule has 0 saturated heterocycles. The van der Waals surface area contributed by atoms with Gasteiger partial charge in [0.1, 0.15) is 5.76 Å². The number of para-hydroxylation sites is 1. The number of anilines is 2. The monoisotopic (exact) mass is 271 g/mol. The van der Waals surface area contributed by atoms with Crippen LogP contribution in [-0.4, -0.2) is 17.0 Å². The van der Waals surface area contributed by atoms with Crippen LogP contribution in [0.4, 0.5) is 11.5 Å². The summed E-state index contributed by atoms with van der Waals surface area (Å²) in [5.74, 6) is 0.0930. The molecule has 1 aromatic carbocycles. The Labute approximate surface area is 115 Å². The Kier molecular flexibility index (Phi) is 2.98. The first-order valence-corrected chi connectivity index (χ1v) is 6.26. The Balaban J connectivity index is 1.71. The summed E-state index contributed by atoms with van der Waals surface area (Å²) in [4.78, 5) is 23.9. The molecular weight excluding hydrogens is 258 g/mol. The highest BCUT2D eigenvalue weighted by atomic mass is 16.5. The molecule has 0 bridgehead atoms. The zero-order valence-electron chi connectivity index (χ0n) is 10.8. The molecule has 0 radical (unpaired) electrons. The summed E-state index contributed by atoms with van der Waals surface area (Å²) in [6.07, 6.45) is 0.0781. The third kappa shape index (κ3) is 2.27. The first kappa shape index (κ1) is 12.4. The fourth-order valence-electron chi connectivity index (χ4n) is 2.28. The van der Waals surface area contributed by atoms with E-state index in [0.717, 1.165) is 11.3 Å². The SMILES string of the molecule is Cc1cc(NC(=O)CC2C(=O)Nc3ccccc32)no1. The summed E-state index contributed by atoms with van der Waals surface area (Å²) in [6, 6.07) is 9.00. The van der Waals surface area contributed by atoms with E-state index in [1.165, 1.54) is 0 Å². The van der Waals surface area contributed by atoms with Crippen molar-refractivity contribution in [2.24, 2.45) is 0 Å². The van der Waals surface area contributed by atoms with Crippen LogP contribution in [-0.2, 0) is 9.59 Å². The Hall–Kier alpha value is -2.63. The molecule has 102 valence electrons. The molecule has 0 aliphatic carbocycles. The van der Waals surface area contributed by atoms with E-state index in [1.54, 1.807) is 13.0 Å². The topological polar surface area (TPSA) is 84.2 Å². The standard InChI is InChI=1S/C14H13N3O3/c1-8-6-12(17-20-8)16-13(18)7-10-9-4-2-3-5-11(9)15-14(10)19/h2-6,10H,7H2,1H3,(H,15,19)(H,16,17,18). The van der Waals surface area contributed by atoms with Crippen LogP contribution < -0.4 is 10.6 Å². The number of aryl methyl sites for hydroxylation is 1. The molecule has 1 aromatic heterocycles. The Morgan fingerprint density at radius 3 is 3.00 bits per heavy atom. The van der Waals surface area contributed by atoms with E-state index >= 15 is 0 Å². The second-order valence-corrected chi connectivity index (χ2v) is 4.70. The highest BCUT2D eigenvalue weighted by Gasteiger charge is 2.31. The fraction of sp³-hybridized carbons (Fsp3) is 0.214. The molecule has 0 saturated carbocycles. The molecule has 0 fully saturated rings. The van der Waals surface area contributed by atoms with Gasteiger partial charge in [-0.2, -0.15) is 0 Å². The van der Waals surface area contributed by atoms with Gasteiger partial charge in [0.05, 0.1) is 5.92 Å². The number of hydrogen-bond donors (Lipinski definition) is 2. The first-order valence-electron chi connectivity index (χ1n) is 6.26. The van der Waals surface area contributed by atoms with E-state index in [1.807, 2.05) is 24.3 Å². The van der Waals surface area contributed by atoms with E-state index in [4.69, 9.17) is 4.52 Å². The molecule has 2 N–H and O–H groups in total. The van der Waals surface area contributed by atoms with Gasteiger partial charge in [-0.1, -0.05) is 23.4 Å². The van der Waals surface area contributed by atoms with E-state index < -0.39 is 5.92 Å². The number of benzene rings is 1. The lowest BCUT2D eigenvalue weighted by Crippen LogP contribution is -2.20. The number of hydrogen-bond acceptors (Lipinski definition) is 4. The number of carbonyl (C=O) groups is 2.